The number of aromatic nitrogens is 3. The molecule has 48 heavy (non-hydrogen) atoms. The van der Waals surface area contributed by atoms with Gasteiger partial charge >= 0.3 is 13.6 Å². The fraction of sp³-hybridized carbons (Fsp3) is 0.531. The monoisotopic (exact) mass is 691 g/mol. The minimum atomic E-state index is -4.39. The summed E-state index contributed by atoms with van der Waals surface area (Å²) < 4.78 is 52.8. The van der Waals surface area contributed by atoms with Crippen molar-refractivity contribution < 1.29 is 47.3 Å². The molecule has 1 aromatic carbocycles. The molecule has 1 aliphatic rings. The van der Waals surface area contributed by atoms with Crippen LogP contribution in [0.4, 0.5) is 10.2 Å². The number of aliphatic imine (C=N–C) groups is 1. The molecule has 14 nitrogen and oxygen atoms in total. The number of amides is 1. The smallest absolute Gasteiger partial charge is 0.421 e. The molecule has 4 rings (SSSR count). The van der Waals surface area contributed by atoms with E-state index in [-0.39, 0.29) is 42.1 Å². The lowest BCUT2D eigenvalue weighted by atomic mass is 9.96. The summed E-state index contributed by atoms with van der Waals surface area (Å²) in [7, 11) is -4.39. The van der Waals surface area contributed by atoms with Gasteiger partial charge in [-0.3, -0.25) is 14.3 Å². The molecule has 3 heterocycles. The highest BCUT2D eigenvalue weighted by Crippen LogP contribution is 2.49. The Morgan fingerprint density at radius 2 is 1.92 bits per heavy atom. The Bertz CT molecular complexity index is 1610. The minimum Gasteiger partial charge on any atom is -0.464 e. The van der Waals surface area contributed by atoms with Gasteiger partial charge in [-0.05, 0) is 43.5 Å². The molecule has 0 spiro atoms. The number of hydrogen-bond acceptors (Lipinski definition) is 12. The number of rotatable bonds is 17. The topological polar surface area (TPSA) is 183 Å². The second-order valence-electron chi connectivity index (χ2n) is 11.6. The van der Waals surface area contributed by atoms with E-state index in [1.54, 1.807) is 24.3 Å². The van der Waals surface area contributed by atoms with Gasteiger partial charge in [-0.25, -0.2) is 23.2 Å². The average Bonchev–Trinajstić information content (AvgIpc) is 3.63. The van der Waals surface area contributed by atoms with E-state index in [4.69, 9.17) is 18.5 Å². The Hall–Kier alpha value is -3.75. The number of aliphatic hydroxyl groups is 2. The van der Waals surface area contributed by atoms with Crippen molar-refractivity contribution in [1.82, 2.24) is 14.6 Å². The number of ether oxygens (including phenoxy) is 2. The zero-order chi connectivity index (χ0) is 34.9. The predicted octanol–water partition coefficient (Wildman–Crippen LogP) is 4.65. The lowest BCUT2D eigenvalue weighted by Crippen LogP contribution is -2.48. The molecule has 1 saturated heterocycles. The highest BCUT2D eigenvalue weighted by atomic mass is 31.2. The number of carbonyl (C=O) groups is 2. The van der Waals surface area contributed by atoms with Crippen LogP contribution >= 0.6 is 7.60 Å². The summed E-state index contributed by atoms with van der Waals surface area (Å²) in [6.07, 6.45) is -1.04. The molecule has 3 N–H and O–H groups in total. The summed E-state index contributed by atoms with van der Waals surface area (Å²) in [6.45, 7) is 5.35. The van der Waals surface area contributed by atoms with Gasteiger partial charge in [-0.1, -0.05) is 51.8 Å². The summed E-state index contributed by atoms with van der Waals surface area (Å²) >= 11 is 0. The number of para-hydroxylation sites is 1. The van der Waals surface area contributed by atoms with Crippen LogP contribution in [0.3, 0.4) is 0 Å². The molecule has 1 amide bonds. The van der Waals surface area contributed by atoms with E-state index in [1.165, 1.54) is 36.0 Å². The first-order valence-electron chi connectivity index (χ1n) is 15.9. The fourth-order valence-electron chi connectivity index (χ4n) is 5.06. The Kier molecular flexibility index (Phi) is 12.8. The average molecular weight is 692 g/mol. The largest absolute Gasteiger partial charge is 0.464 e. The van der Waals surface area contributed by atoms with Gasteiger partial charge in [-0.2, -0.15) is 5.10 Å². The van der Waals surface area contributed by atoms with Crippen molar-refractivity contribution in [2.24, 2.45) is 10.9 Å². The van der Waals surface area contributed by atoms with Crippen LogP contribution in [-0.4, -0.2) is 86.4 Å². The van der Waals surface area contributed by atoms with Crippen LogP contribution in [0.1, 0.15) is 65.2 Å². The second kappa shape index (κ2) is 16.6. The number of halogens is 1. The van der Waals surface area contributed by atoms with Gasteiger partial charge in [0.1, 0.15) is 60.2 Å². The Morgan fingerprint density at radius 1 is 1.19 bits per heavy atom. The van der Waals surface area contributed by atoms with Crippen LogP contribution in [0.25, 0.3) is 5.52 Å². The maximum Gasteiger partial charge on any atom is 0.421 e. The van der Waals surface area contributed by atoms with Crippen LogP contribution in [-0.2, 0) is 28.2 Å². The Balaban J connectivity index is 1.56. The summed E-state index contributed by atoms with van der Waals surface area (Å²) in [5.74, 6) is 0.506. The van der Waals surface area contributed by atoms with Gasteiger partial charge in [0.15, 0.2) is 5.82 Å². The van der Waals surface area contributed by atoms with Crippen molar-refractivity contribution in [3.8, 4) is 5.75 Å². The first kappa shape index (κ1) is 37.1. The highest BCUT2D eigenvalue weighted by molar-refractivity contribution is 7.70. The van der Waals surface area contributed by atoms with Crippen LogP contribution in [0, 0.1) is 5.92 Å². The normalized spacial score (nSPS) is 23.0. The maximum absolute atomic E-state index is 14.8. The molecule has 0 saturated carbocycles. The third-order valence-corrected chi connectivity index (χ3v) is 9.49. The standard InChI is InChI=1S/C32H43FN5O9P/c1-5-11-26(39)37-30-25-15-14-24(38(25)36-19-34-30)28-27(40)29(41)32(17-33,46-28)18-45-48(43,47-23-12-9-8-10-13-23)20-35-21(4)31(42)44-16-22(6-2)7-3/h8-10,12-15,19-22,27-29,40-41H,5-7,11,16-18H2,1-4H3,(H,34,36,37,39)/t21-,27-,28-,29-,32+,48-/m0/s1. The lowest BCUT2D eigenvalue weighted by Gasteiger charge is -2.30. The van der Waals surface area contributed by atoms with E-state index in [2.05, 4.69) is 20.4 Å². The van der Waals surface area contributed by atoms with Gasteiger partial charge in [0.25, 0.3) is 0 Å². The van der Waals surface area contributed by atoms with Crippen LogP contribution in [0.15, 0.2) is 53.8 Å². The van der Waals surface area contributed by atoms with Crippen LogP contribution in [0.2, 0.25) is 0 Å². The Morgan fingerprint density at radius 3 is 2.58 bits per heavy atom. The second-order valence-corrected chi connectivity index (χ2v) is 13.4. The third kappa shape index (κ3) is 8.63. The summed E-state index contributed by atoms with van der Waals surface area (Å²) in [5, 5.41) is 29.0. The van der Waals surface area contributed by atoms with Crippen LogP contribution in [0.5, 0.6) is 5.75 Å². The predicted molar refractivity (Wildman–Crippen MR) is 175 cm³/mol. The molecule has 1 fully saturated rings. The van der Waals surface area contributed by atoms with E-state index in [0.717, 1.165) is 18.8 Å². The van der Waals surface area contributed by atoms with Crippen LogP contribution < -0.4 is 9.84 Å². The molecule has 0 bridgehead atoms. The quantitative estimate of drug-likeness (QED) is 0.102. The molecular formula is C32H43FN5O9P. The molecular weight excluding hydrogens is 648 g/mol. The maximum atomic E-state index is 14.8. The number of nitrogens with one attached hydrogen (secondary N) is 1. The molecule has 16 heteroatoms. The number of carbonyl (C=O) groups excluding carboxylic acids is 2. The van der Waals surface area contributed by atoms with Gasteiger partial charge in [0, 0.05) is 6.42 Å². The zero-order valence-corrected chi connectivity index (χ0v) is 28.3. The van der Waals surface area contributed by atoms with E-state index in [9.17, 15) is 28.8 Å². The van der Waals surface area contributed by atoms with Crippen molar-refractivity contribution in [3.05, 3.63) is 54.5 Å². The van der Waals surface area contributed by atoms with Gasteiger partial charge in [-0.15, -0.1) is 0 Å². The number of benzene rings is 1. The molecule has 1 aliphatic heterocycles. The van der Waals surface area contributed by atoms with Gasteiger partial charge in [0.2, 0.25) is 5.91 Å². The van der Waals surface area contributed by atoms with Crippen molar-refractivity contribution in [1.29, 1.82) is 0 Å². The van der Waals surface area contributed by atoms with Crippen molar-refractivity contribution in [3.63, 3.8) is 0 Å². The third-order valence-electron chi connectivity index (χ3n) is 8.12. The summed E-state index contributed by atoms with van der Waals surface area (Å²) in [4.78, 5) is 33.0. The summed E-state index contributed by atoms with van der Waals surface area (Å²) in [5.41, 5.74) is -1.59. The molecule has 2 aromatic heterocycles. The van der Waals surface area contributed by atoms with E-state index < -0.39 is 56.8 Å². The number of nitrogens with zero attached hydrogens (tertiary/aromatic N) is 4. The number of alkyl halides is 1. The van der Waals surface area contributed by atoms with Crippen molar-refractivity contribution in [2.45, 2.75) is 83.3 Å². The first-order chi connectivity index (χ1) is 23.0. The highest BCUT2D eigenvalue weighted by Gasteiger charge is 2.56. The van der Waals surface area contributed by atoms with E-state index in [1.807, 2.05) is 20.8 Å². The van der Waals surface area contributed by atoms with Gasteiger partial charge in [0.05, 0.1) is 18.9 Å². The van der Waals surface area contributed by atoms with E-state index >= 15 is 0 Å². The number of hydrogen-bond donors (Lipinski definition) is 3. The number of anilines is 1. The SMILES string of the molecule is CCCC(=O)Nc1ncnn2c([C@@H]3O[C@](CF)(CO[P@@](=O)(C=N[C@@H](C)C(=O)OCC(CC)CC)Oc4ccccc4)[C@@H](O)[C@H]3O)ccc12. The Labute approximate surface area is 278 Å². The molecule has 6 atom stereocenters. The molecule has 262 valence electrons. The molecule has 0 unspecified atom stereocenters. The van der Waals surface area contributed by atoms with Crippen molar-refractivity contribution >= 4 is 36.8 Å². The number of fused-ring (bicyclic) bond motifs is 1. The number of aliphatic hydroxyl groups excluding tert-OH is 2. The molecule has 0 radical (unpaired) electrons. The molecule has 3 aromatic rings. The van der Waals surface area contributed by atoms with Gasteiger partial charge < -0.3 is 29.5 Å². The first-order valence-corrected chi connectivity index (χ1v) is 17.5. The lowest BCUT2D eigenvalue weighted by molar-refractivity contribution is -0.146. The number of esters is 1. The summed E-state index contributed by atoms with van der Waals surface area (Å²) in [6, 6.07) is 10.1. The van der Waals surface area contributed by atoms with Crippen molar-refractivity contribution in [2.75, 3.05) is 25.2 Å². The molecule has 0 aliphatic carbocycles. The zero-order valence-electron chi connectivity index (χ0n) is 27.4. The minimum absolute atomic E-state index is 0.137. The van der Waals surface area contributed by atoms with E-state index in [0.29, 0.717) is 11.9 Å². The fourth-order valence-corrected chi connectivity index (χ4v) is 6.40.